The topological polar surface area (TPSA) is 108 Å². The summed E-state index contributed by atoms with van der Waals surface area (Å²) in [7, 11) is -3.92. The third kappa shape index (κ3) is 10.5. The van der Waals surface area contributed by atoms with Crippen molar-refractivity contribution in [1.29, 1.82) is 0 Å². The van der Waals surface area contributed by atoms with Gasteiger partial charge in [-0.3, -0.25) is 4.57 Å². The minimum Gasteiger partial charge on any atom is -0.329 e. The highest BCUT2D eigenvalue weighted by Crippen LogP contribution is 2.35. The van der Waals surface area contributed by atoms with Gasteiger partial charge in [0.1, 0.15) is 0 Å². The van der Waals surface area contributed by atoms with Gasteiger partial charge in [-0.1, -0.05) is 13.3 Å². The van der Waals surface area contributed by atoms with Crippen molar-refractivity contribution in [3.8, 4) is 0 Å². The van der Waals surface area contributed by atoms with E-state index in [-0.39, 0.29) is 12.2 Å². The third-order valence-corrected chi connectivity index (χ3v) is 3.07. The van der Waals surface area contributed by atoms with Gasteiger partial charge in [-0.2, -0.15) is 0 Å². The fraction of sp³-hybridized carbons (Fsp3) is 1.00. The highest BCUT2D eigenvalue weighted by atomic mass is 31.2. The fourth-order valence-corrected chi connectivity index (χ4v) is 2.37. The quantitative estimate of drug-likeness (QED) is 0.265. The summed E-state index contributed by atoms with van der Waals surface area (Å²) >= 11 is 0. The Morgan fingerprint density at radius 3 is 2.50 bits per heavy atom. The summed E-state index contributed by atoms with van der Waals surface area (Å²) in [6.45, 7) is 4.82. The van der Waals surface area contributed by atoms with Crippen molar-refractivity contribution in [3.05, 3.63) is 0 Å². The molecule has 0 aromatic heterocycles. The number of rotatable bonds is 10. The van der Waals surface area contributed by atoms with Crippen LogP contribution in [0.1, 0.15) is 19.8 Å². The minimum absolute atomic E-state index is 0.0856. The van der Waals surface area contributed by atoms with E-state index in [0.717, 1.165) is 25.9 Å². The highest BCUT2D eigenvalue weighted by Gasteiger charge is 2.20. The zero-order valence-corrected chi connectivity index (χ0v) is 10.7. The summed E-state index contributed by atoms with van der Waals surface area (Å²) < 4.78 is 10.9. The van der Waals surface area contributed by atoms with E-state index in [2.05, 4.69) is 10.6 Å². The highest BCUT2D eigenvalue weighted by molar-refractivity contribution is 7.51. The fourth-order valence-electron chi connectivity index (χ4n) is 1.49. The van der Waals surface area contributed by atoms with Gasteiger partial charge >= 0.3 is 7.60 Å². The maximum absolute atomic E-state index is 10.9. The van der Waals surface area contributed by atoms with Crippen molar-refractivity contribution in [2.75, 3.05) is 32.3 Å². The Morgan fingerprint density at radius 2 is 2.00 bits per heavy atom. The van der Waals surface area contributed by atoms with Crippen LogP contribution in [0.2, 0.25) is 0 Å². The first kappa shape index (κ1) is 16.0. The molecular weight excluding hydrogens is 229 g/mol. The monoisotopic (exact) mass is 253 g/mol. The number of nitrogens with one attached hydrogen (secondary N) is 2. The summed E-state index contributed by atoms with van der Waals surface area (Å²) in [5.41, 5.74) is 5.32. The molecule has 0 aromatic carbocycles. The Kier molecular flexibility index (Phi) is 9.12. The second-order valence-electron chi connectivity index (χ2n) is 3.83. The molecule has 0 amide bonds. The van der Waals surface area contributed by atoms with Crippen LogP contribution in [0.5, 0.6) is 0 Å². The van der Waals surface area contributed by atoms with Crippen molar-refractivity contribution in [3.63, 3.8) is 0 Å². The molecule has 0 aliphatic heterocycles. The summed E-state index contributed by atoms with van der Waals surface area (Å²) in [4.78, 5) is 17.8. The third-order valence-electron chi connectivity index (χ3n) is 2.15. The summed E-state index contributed by atoms with van der Waals surface area (Å²) in [5, 5.41) is 6.25. The Hall–Kier alpha value is 0.0300. The molecule has 0 radical (unpaired) electrons. The van der Waals surface area contributed by atoms with Crippen LogP contribution >= 0.6 is 7.60 Å². The maximum Gasteiger partial charge on any atom is 0.327 e. The van der Waals surface area contributed by atoms with E-state index in [0.29, 0.717) is 13.1 Å². The van der Waals surface area contributed by atoms with E-state index in [1.165, 1.54) is 0 Å². The van der Waals surface area contributed by atoms with Crippen LogP contribution in [0.25, 0.3) is 0 Å². The Labute approximate surface area is 97.1 Å². The molecular formula is C9H24N3O3P. The molecule has 1 unspecified atom stereocenters. The van der Waals surface area contributed by atoms with E-state index < -0.39 is 7.60 Å². The lowest BCUT2D eigenvalue weighted by Gasteiger charge is -2.18. The average Bonchev–Trinajstić information content (AvgIpc) is 2.15. The van der Waals surface area contributed by atoms with E-state index in [1.807, 2.05) is 6.92 Å². The minimum atomic E-state index is -3.92. The molecule has 1 atom stereocenters. The molecule has 16 heavy (non-hydrogen) atoms. The van der Waals surface area contributed by atoms with E-state index in [4.69, 9.17) is 15.5 Å². The first-order valence-corrected chi connectivity index (χ1v) is 7.48. The largest absolute Gasteiger partial charge is 0.329 e. The van der Waals surface area contributed by atoms with Gasteiger partial charge in [-0.15, -0.1) is 0 Å². The lowest BCUT2D eigenvalue weighted by Crippen LogP contribution is -2.38. The molecule has 6 nitrogen and oxygen atoms in total. The molecule has 0 aliphatic rings. The van der Waals surface area contributed by atoms with Gasteiger partial charge in [0.25, 0.3) is 0 Å². The Balaban J connectivity index is 3.72. The molecule has 0 aliphatic carbocycles. The second-order valence-corrected chi connectivity index (χ2v) is 5.52. The van der Waals surface area contributed by atoms with Crippen LogP contribution in [0.3, 0.4) is 0 Å². The molecule has 6 N–H and O–H groups in total. The van der Waals surface area contributed by atoms with Gasteiger partial charge < -0.3 is 26.2 Å². The molecule has 0 aromatic rings. The molecule has 0 rings (SSSR count). The first-order valence-electron chi connectivity index (χ1n) is 5.68. The van der Waals surface area contributed by atoms with E-state index in [9.17, 15) is 4.57 Å². The van der Waals surface area contributed by atoms with Gasteiger partial charge in [0.05, 0.1) is 6.16 Å². The van der Waals surface area contributed by atoms with Crippen LogP contribution in [-0.2, 0) is 4.57 Å². The number of hydrogen-bond donors (Lipinski definition) is 5. The predicted molar refractivity (Wildman–Crippen MR) is 65.5 cm³/mol. The second kappa shape index (κ2) is 9.10. The van der Waals surface area contributed by atoms with Crippen LogP contribution in [0.4, 0.5) is 0 Å². The van der Waals surface area contributed by atoms with Gasteiger partial charge in [-0.25, -0.2) is 0 Å². The number of hydrogen-bond acceptors (Lipinski definition) is 4. The van der Waals surface area contributed by atoms with Crippen LogP contribution in [0.15, 0.2) is 0 Å². The lowest BCUT2D eigenvalue weighted by atomic mass is 10.2. The van der Waals surface area contributed by atoms with Crippen molar-refractivity contribution >= 4 is 7.60 Å². The summed E-state index contributed by atoms with van der Waals surface area (Å²) in [5.74, 6) is 0. The van der Waals surface area contributed by atoms with Gasteiger partial charge in [0, 0.05) is 32.2 Å². The molecule has 0 spiro atoms. The molecule has 0 fully saturated rings. The molecule has 0 bridgehead atoms. The summed E-state index contributed by atoms with van der Waals surface area (Å²) in [6, 6.07) is -0.106. The van der Waals surface area contributed by atoms with Crippen molar-refractivity contribution in [2.24, 2.45) is 5.73 Å². The van der Waals surface area contributed by atoms with Crippen molar-refractivity contribution < 1.29 is 14.4 Å². The number of nitrogens with two attached hydrogens (primary N) is 1. The van der Waals surface area contributed by atoms with Crippen LogP contribution in [0, 0.1) is 0 Å². The summed E-state index contributed by atoms with van der Waals surface area (Å²) in [6.07, 6.45) is 1.60. The lowest BCUT2D eigenvalue weighted by molar-refractivity contribution is 0.360. The Bertz CT molecular complexity index is 210. The smallest absolute Gasteiger partial charge is 0.327 e. The van der Waals surface area contributed by atoms with Gasteiger partial charge in [0.2, 0.25) is 0 Å². The molecule has 0 heterocycles. The van der Waals surface area contributed by atoms with E-state index >= 15 is 0 Å². The zero-order valence-electron chi connectivity index (χ0n) is 9.85. The van der Waals surface area contributed by atoms with E-state index in [1.54, 1.807) is 0 Å². The van der Waals surface area contributed by atoms with Gasteiger partial charge in [0.15, 0.2) is 0 Å². The normalized spacial score (nSPS) is 14.0. The average molecular weight is 253 g/mol. The SMILES string of the molecule is CCCC(CP(=O)(O)O)NCCNCCN. The first-order chi connectivity index (χ1) is 7.49. The van der Waals surface area contributed by atoms with Crippen molar-refractivity contribution in [1.82, 2.24) is 10.6 Å². The van der Waals surface area contributed by atoms with Crippen LogP contribution < -0.4 is 16.4 Å². The molecule has 0 saturated heterocycles. The Morgan fingerprint density at radius 1 is 1.31 bits per heavy atom. The molecule has 98 valence electrons. The molecule has 0 saturated carbocycles. The molecule has 7 heteroatoms. The van der Waals surface area contributed by atoms with Crippen LogP contribution in [-0.4, -0.2) is 48.2 Å². The maximum atomic E-state index is 10.9. The predicted octanol–water partition coefficient (Wildman–Crippen LogP) is -0.529. The zero-order chi connectivity index (χ0) is 12.4. The van der Waals surface area contributed by atoms with Crippen molar-refractivity contribution in [2.45, 2.75) is 25.8 Å². The standard InChI is InChI=1S/C9H24N3O3P/c1-2-3-9(8-16(13,14)15)12-7-6-11-5-4-10/h9,11-12H,2-8,10H2,1H3,(H2,13,14,15). The van der Waals surface area contributed by atoms with Gasteiger partial charge in [-0.05, 0) is 6.42 Å².